The number of carbonyl (C=O) groups is 5. The zero-order valence-electron chi connectivity index (χ0n) is 20.7. The number of carboxylic acids is 2. The summed E-state index contributed by atoms with van der Waals surface area (Å²) in [7, 11) is 0. The first kappa shape index (κ1) is 30.9. The first-order chi connectivity index (χ1) is 17.0. The fourth-order valence-corrected chi connectivity index (χ4v) is 3.76. The predicted molar refractivity (Wildman–Crippen MR) is 136 cm³/mol. The molecular weight excluding hydrogens is 488 g/mol. The fourth-order valence-electron chi connectivity index (χ4n) is 3.29. The standard InChI is InChI=1S/C24H36N4O7S/c1-14(2)20(28-21(31)16(25)9-10-19(29)30)23(33)27-18(13-15-7-5-4-6-8-15)22(32)26-17(24(34)35)11-12-36-3/h4-8,14,16-18,20H,9-13,25H2,1-3H3,(H,26,32)(H,27,33)(H,28,31)(H,29,30)(H,34,35)/t16-,17-,18-,20-/m0/s1. The summed E-state index contributed by atoms with van der Waals surface area (Å²) in [5.41, 5.74) is 6.51. The fraction of sp³-hybridized carbons (Fsp3) is 0.542. The summed E-state index contributed by atoms with van der Waals surface area (Å²) in [5, 5.41) is 26.0. The normalized spacial score (nSPS) is 14.2. The van der Waals surface area contributed by atoms with E-state index in [0.717, 1.165) is 5.56 Å². The van der Waals surface area contributed by atoms with Gasteiger partial charge in [-0.2, -0.15) is 11.8 Å². The molecule has 0 saturated carbocycles. The SMILES string of the molecule is CSCC[C@H](NC(=O)[C@H](Cc1ccccc1)NC(=O)[C@@H](NC(=O)[C@@H](N)CCC(=O)O)C(C)C)C(=O)O. The Morgan fingerprint density at radius 3 is 2.03 bits per heavy atom. The zero-order valence-corrected chi connectivity index (χ0v) is 21.5. The van der Waals surface area contributed by atoms with Gasteiger partial charge in [-0.3, -0.25) is 19.2 Å². The Labute approximate surface area is 215 Å². The summed E-state index contributed by atoms with van der Waals surface area (Å²) in [5.74, 6) is -4.11. The van der Waals surface area contributed by atoms with E-state index < -0.39 is 53.8 Å². The van der Waals surface area contributed by atoms with Gasteiger partial charge in [-0.25, -0.2) is 4.79 Å². The average Bonchev–Trinajstić information content (AvgIpc) is 2.82. The van der Waals surface area contributed by atoms with Gasteiger partial charge in [-0.15, -0.1) is 0 Å². The lowest BCUT2D eigenvalue weighted by Gasteiger charge is -2.27. The van der Waals surface area contributed by atoms with E-state index in [0.29, 0.717) is 5.75 Å². The van der Waals surface area contributed by atoms with Gasteiger partial charge in [-0.1, -0.05) is 44.2 Å². The van der Waals surface area contributed by atoms with Gasteiger partial charge in [0.05, 0.1) is 6.04 Å². The van der Waals surface area contributed by atoms with Crippen molar-refractivity contribution >= 4 is 41.4 Å². The van der Waals surface area contributed by atoms with Crippen LogP contribution in [0.4, 0.5) is 0 Å². The highest BCUT2D eigenvalue weighted by atomic mass is 32.2. The van der Waals surface area contributed by atoms with E-state index >= 15 is 0 Å². The predicted octanol–water partition coefficient (Wildman–Crippen LogP) is 0.369. The smallest absolute Gasteiger partial charge is 0.326 e. The molecule has 0 aromatic heterocycles. The van der Waals surface area contributed by atoms with Crippen molar-refractivity contribution in [3.05, 3.63) is 35.9 Å². The minimum atomic E-state index is -1.18. The molecule has 3 amide bonds. The highest BCUT2D eigenvalue weighted by Gasteiger charge is 2.31. The molecule has 0 aliphatic heterocycles. The molecule has 1 rings (SSSR count). The van der Waals surface area contributed by atoms with Gasteiger partial charge in [0.25, 0.3) is 0 Å². The molecule has 0 bridgehead atoms. The Bertz CT molecular complexity index is 898. The van der Waals surface area contributed by atoms with Crippen LogP contribution in [0.2, 0.25) is 0 Å². The van der Waals surface area contributed by atoms with Crippen molar-refractivity contribution in [3.63, 3.8) is 0 Å². The molecule has 200 valence electrons. The first-order valence-corrected chi connectivity index (χ1v) is 13.0. The quantitative estimate of drug-likeness (QED) is 0.177. The van der Waals surface area contributed by atoms with Crippen LogP contribution in [-0.4, -0.2) is 76.0 Å². The van der Waals surface area contributed by atoms with Gasteiger partial charge in [-0.05, 0) is 36.3 Å². The molecule has 0 spiro atoms. The molecule has 1 aromatic carbocycles. The maximum absolute atomic E-state index is 13.1. The van der Waals surface area contributed by atoms with E-state index in [1.54, 1.807) is 44.2 Å². The lowest BCUT2D eigenvalue weighted by atomic mass is 10.00. The maximum Gasteiger partial charge on any atom is 0.326 e. The monoisotopic (exact) mass is 524 g/mol. The maximum atomic E-state index is 13.1. The Hall–Kier alpha value is -3.12. The highest BCUT2D eigenvalue weighted by molar-refractivity contribution is 7.98. The first-order valence-electron chi connectivity index (χ1n) is 11.6. The second kappa shape index (κ2) is 15.8. The molecule has 0 heterocycles. The molecular formula is C24H36N4O7S. The number of aliphatic carboxylic acids is 2. The molecule has 36 heavy (non-hydrogen) atoms. The number of amides is 3. The van der Waals surface area contributed by atoms with Gasteiger partial charge in [0.2, 0.25) is 17.7 Å². The average molecular weight is 525 g/mol. The summed E-state index contributed by atoms with van der Waals surface area (Å²) in [4.78, 5) is 61.0. The van der Waals surface area contributed by atoms with Crippen LogP contribution >= 0.6 is 11.8 Å². The van der Waals surface area contributed by atoms with Gasteiger partial charge in [0, 0.05) is 12.8 Å². The number of thioether (sulfide) groups is 1. The van der Waals surface area contributed by atoms with Crippen LogP contribution in [0.5, 0.6) is 0 Å². The minimum absolute atomic E-state index is 0.0980. The molecule has 0 saturated heterocycles. The van der Waals surface area contributed by atoms with Crippen molar-refractivity contribution in [2.24, 2.45) is 11.7 Å². The Balaban J connectivity index is 3.04. The summed E-state index contributed by atoms with van der Waals surface area (Å²) in [6, 6.07) is 4.52. The third-order valence-corrected chi connectivity index (χ3v) is 6.04. The molecule has 0 unspecified atom stereocenters. The van der Waals surface area contributed by atoms with E-state index in [1.165, 1.54) is 11.8 Å². The van der Waals surface area contributed by atoms with Crippen molar-refractivity contribution in [2.45, 2.75) is 63.7 Å². The van der Waals surface area contributed by atoms with Gasteiger partial charge >= 0.3 is 11.9 Å². The number of carboxylic acid groups (broad SMARTS) is 2. The van der Waals surface area contributed by atoms with E-state index in [1.807, 2.05) is 6.26 Å². The number of nitrogens with two attached hydrogens (primary N) is 1. The molecule has 0 fully saturated rings. The summed E-state index contributed by atoms with van der Waals surface area (Å²) >= 11 is 1.45. The van der Waals surface area contributed by atoms with E-state index in [4.69, 9.17) is 10.8 Å². The summed E-state index contributed by atoms with van der Waals surface area (Å²) in [6.45, 7) is 3.39. The second-order valence-corrected chi connectivity index (χ2v) is 9.69. The van der Waals surface area contributed by atoms with Crippen molar-refractivity contribution < 1.29 is 34.2 Å². The molecule has 1 aromatic rings. The number of benzene rings is 1. The van der Waals surface area contributed by atoms with Crippen LogP contribution in [0, 0.1) is 5.92 Å². The Kier molecular flexibility index (Phi) is 13.6. The number of nitrogens with one attached hydrogen (secondary N) is 3. The molecule has 0 aliphatic carbocycles. The topological polar surface area (TPSA) is 188 Å². The molecule has 0 radical (unpaired) electrons. The summed E-state index contributed by atoms with van der Waals surface area (Å²) in [6.07, 6.45) is 1.75. The second-order valence-electron chi connectivity index (χ2n) is 8.70. The minimum Gasteiger partial charge on any atom is -0.481 e. The third kappa shape index (κ3) is 11.1. The molecule has 7 N–H and O–H groups in total. The molecule has 12 heteroatoms. The van der Waals surface area contributed by atoms with E-state index in [2.05, 4.69) is 16.0 Å². The van der Waals surface area contributed by atoms with Crippen LogP contribution in [0.1, 0.15) is 38.7 Å². The van der Waals surface area contributed by atoms with Crippen LogP contribution in [-0.2, 0) is 30.4 Å². The van der Waals surface area contributed by atoms with Crippen molar-refractivity contribution in [3.8, 4) is 0 Å². The lowest BCUT2D eigenvalue weighted by Crippen LogP contribution is -2.59. The van der Waals surface area contributed by atoms with E-state index in [9.17, 15) is 29.1 Å². The van der Waals surface area contributed by atoms with Gasteiger partial charge in [0.15, 0.2) is 0 Å². The number of carbonyl (C=O) groups excluding carboxylic acids is 3. The number of hydrogen-bond donors (Lipinski definition) is 6. The summed E-state index contributed by atoms with van der Waals surface area (Å²) < 4.78 is 0. The van der Waals surface area contributed by atoms with E-state index in [-0.39, 0.29) is 31.6 Å². The Morgan fingerprint density at radius 1 is 0.889 bits per heavy atom. The van der Waals surface area contributed by atoms with Crippen LogP contribution < -0.4 is 21.7 Å². The van der Waals surface area contributed by atoms with Crippen LogP contribution in [0.25, 0.3) is 0 Å². The molecule has 11 nitrogen and oxygen atoms in total. The molecule has 0 aliphatic rings. The number of rotatable bonds is 16. The van der Waals surface area contributed by atoms with Crippen molar-refractivity contribution in [1.29, 1.82) is 0 Å². The van der Waals surface area contributed by atoms with Gasteiger partial charge < -0.3 is 31.9 Å². The third-order valence-electron chi connectivity index (χ3n) is 5.39. The van der Waals surface area contributed by atoms with Crippen LogP contribution in [0.3, 0.4) is 0 Å². The molecule has 4 atom stereocenters. The van der Waals surface area contributed by atoms with Crippen molar-refractivity contribution in [1.82, 2.24) is 16.0 Å². The highest BCUT2D eigenvalue weighted by Crippen LogP contribution is 2.09. The van der Waals surface area contributed by atoms with Gasteiger partial charge in [0.1, 0.15) is 18.1 Å². The number of hydrogen-bond acceptors (Lipinski definition) is 7. The zero-order chi connectivity index (χ0) is 27.3. The van der Waals surface area contributed by atoms with Crippen molar-refractivity contribution in [2.75, 3.05) is 12.0 Å². The largest absolute Gasteiger partial charge is 0.481 e. The lowest BCUT2D eigenvalue weighted by molar-refractivity contribution is -0.142. The van der Waals surface area contributed by atoms with Crippen LogP contribution in [0.15, 0.2) is 30.3 Å². The Morgan fingerprint density at radius 2 is 1.50 bits per heavy atom.